The smallest absolute Gasteiger partial charge is 0.339 e. The minimum atomic E-state index is -0.411. The highest BCUT2D eigenvalue weighted by atomic mass is 16.5. The SMILES string of the molecule is CCOc1ccc2c(c1)C(=NNC(=O)Nc1ccccc1)c1cc(OCC)ccc1-2. The molecule has 0 unspecified atom stereocenters. The number of urea groups is 1. The van der Waals surface area contributed by atoms with Crippen molar-refractivity contribution in [3.05, 3.63) is 77.9 Å². The second kappa shape index (κ2) is 8.69. The first-order chi connectivity index (χ1) is 14.7. The van der Waals surface area contributed by atoms with Crippen LogP contribution >= 0.6 is 0 Å². The van der Waals surface area contributed by atoms with Crippen LogP contribution in [0.1, 0.15) is 25.0 Å². The first-order valence-electron chi connectivity index (χ1n) is 9.94. The molecule has 1 aliphatic rings. The molecule has 0 fully saturated rings. The van der Waals surface area contributed by atoms with Gasteiger partial charge in [0.25, 0.3) is 0 Å². The van der Waals surface area contributed by atoms with Crippen molar-refractivity contribution in [1.82, 2.24) is 5.43 Å². The van der Waals surface area contributed by atoms with Crippen molar-refractivity contribution < 1.29 is 14.3 Å². The molecule has 0 atom stereocenters. The van der Waals surface area contributed by atoms with E-state index in [1.807, 2.05) is 80.6 Å². The van der Waals surface area contributed by atoms with Gasteiger partial charge < -0.3 is 14.8 Å². The molecule has 0 radical (unpaired) electrons. The number of carbonyl (C=O) groups excluding carboxylic acids is 1. The zero-order chi connectivity index (χ0) is 20.9. The van der Waals surface area contributed by atoms with Crippen LogP contribution < -0.4 is 20.2 Å². The third-order valence-corrected chi connectivity index (χ3v) is 4.71. The molecule has 30 heavy (non-hydrogen) atoms. The average molecular weight is 401 g/mol. The van der Waals surface area contributed by atoms with E-state index in [0.29, 0.717) is 24.6 Å². The van der Waals surface area contributed by atoms with Crippen molar-refractivity contribution in [2.75, 3.05) is 18.5 Å². The number of hydrogen-bond acceptors (Lipinski definition) is 4. The lowest BCUT2D eigenvalue weighted by atomic mass is 10.1. The number of anilines is 1. The summed E-state index contributed by atoms with van der Waals surface area (Å²) in [6, 6.07) is 20.7. The molecule has 152 valence electrons. The summed E-state index contributed by atoms with van der Waals surface area (Å²) in [6.45, 7) is 5.04. The highest BCUT2D eigenvalue weighted by Crippen LogP contribution is 2.40. The third kappa shape index (κ3) is 3.98. The van der Waals surface area contributed by atoms with E-state index in [1.165, 1.54) is 0 Å². The maximum Gasteiger partial charge on any atom is 0.339 e. The highest BCUT2D eigenvalue weighted by molar-refractivity contribution is 6.25. The second-order valence-electron chi connectivity index (χ2n) is 6.67. The number of ether oxygens (including phenoxy) is 2. The molecule has 1 aliphatic carbocycles. The molecule has 3 aromatic rings. The molecule has 3 aromatic carbocycles. The topological polar surface area (TPSA) is 72.0 Å². The lowest BCUT2D eigenvalue weighted by molar-refractivity contribution is 0.252. The second-order valence-corrected chi connectivity index (χ2v) is 6.67. The number of benzene rings is 3. The molecule has 0 spiro atoms. The number of nitrogens with one attached hydrogen (secondary N) is 2. The largest absolute Gasteiger partial charge is 0.494 e. The summed E-state index contributed by atoms with van der Waals surface area (Å²) in [7, 11) is 0. The Bertz CT molecular complexity index is 1040. The maximum atomic E-state index is 12.4. The summed E-state index contributed by atoms with van der Waals surface area (Å²) < 4.78 is 11.3. The predicted molar refractivity (Wildman–Crippen MR) is 118 cm³/mol. The lowest BCUT2D eigenvalue weighted by Crippen LogP contribution is -2.25. The maximum absolute atomic E-state index is 12.4. The number of para-hydroxylation sites is 1. The number of fused-ring (bicyclic) bond motifs is 3. The Kier molecular flexibility index (Phi) is 5.66. The molecule has 6 nitrogen and oxygen atoms in total. The van der Waals surface area contributed by atoms with Gasteiger partial charge in [0.15, 0.2) is 0 Å². The number of rotatable bonds is 6. The van der Waals surface area contributed by atoms with Gasteiger partial charge in [0.2, 0.25) is 0 Å². The molecule has 0 saturated carbocycles. The van der Waals surface area contributed by atoms with Crippen LogP contribution in [0.4, 0.5) is 10.5 Å². The molecule has 2 amide bonds. The van der Waals surface area contributed by atoms with E-state index >= 15 is 0 Å². The molecular weight excluding hydrogens is 378 g/mol. The summed E-state index contributed by atoms with van der Waals surface area (Å²) in [6.07, 6.45) is 0. The fourth-order valence-electron chi connectivity index (χ4n) is 3.47. The van der Waals surface area contributed by atoms with E-state index in [-0.39, 0.29) is 0 Å². The van der Waals surface area contributed by atoms with Gasteiger partial charge in [-0.15, -0.1) is 0 Å². The first kappa shape index (κ1) is 19.5. The van der Waals surface area contributed by atoms with Crippen LogP contribution in [0.2, 0.25) is 0 Å². The molecule has 0 aromatic heterocycles. The van der Waals surface area contributed by atoms with Crippen molar-refractivity contribution >= 4 is 17.4 Å². The van der Waals surface area contributed by atoms with Crippen molar-refractivity contribution in [3.63, 3.8) is 0 Å². The van der Waals surface area contributed by atoms with Crippen molar-refractivity contribution in [3.8, 4) is 22.6 Å². The highest BCUT2D eigenvalue weighted by Gasteiger charge is 2.26. The lowest BCUT2D eigenvalue weighted by Gasteiger charge is -2.08. The predicted octanol–water partition coefficient (Wildman–Crippen LogP) is 5.04. The van der Waals surface area contributed by atoms with E-state index in [1.54, 1.807) is 0 Å². The third-order valence-electron chi connectivity index (χ3n) is 4.71. The monoisotopic (exact) mass is 401 g/mol. The Labute approximate surface area is 175 Å². The first-order valence-corrected chi connectivity index (χ1v) is 9.94. The molecule has 0 heterocycles. The Morgan fingerprint density at radius 3 is 1.90 bits per heavy atom. The van der Waals surface area contributed by atoms with Crippen molar-refractivity contribution in [1.29, 1.82) is 0 Å². The Morgan fingerprint density at radius 1 is 0.800 bits per heavy atom. The van der Waals surface area contributed by atoms with Gasteiger partial charge in [0.1, 0.15) is 11.5 Å². The van der Waals surface area contributed by atoms with Crippen LogP contribution in [0.15, 0.2) is 71.8 Å². The van der Waals surface area contributed by atoms with Gasteiger partial charge in [0, 0.05) is 16.8 Å². The quantitative estimate of drug-likeness (QED) is 0.445. The van der Waals surface area contributed by atoms with Crippen molar-refractivity contribution in [2.45, 2.75) is 13.8 Å². The standard InChI is InChI=1S/C24H23N3O3/c1-3-29-17-10-12-19-20-13-11-18(30-4-2)15-22(20)23(21(19)14-17)26-27-24(28)25-16-8-6-5-7-9-16/h5-15H,3-4H2,1-2H3,(H2,25,27,28). The van der Waals surface area contributed by atoms with Crippen LogP contribution in [-0.4, -0.2) is 25.0 Å². The molecule has 0 bridgehead atoms. The van der Waals surface area contributed by atoms with E-state index in [9.17, 15) is 4.79 Å². The summed E-state index contributed by atoms with van der Waals surface area (Å²) in [5.74, 6) is 1.52. The van der Waals surface area contributed by atoms with Crippen LogP contribution in [0, 0.1) is 0 Å². The van der Waals surface area contributed by atoms with Gasteiger partial charge in [-0.1, -0.05) is 18.2 Å². The number of hydrazone groups is 1. The summed E-state index contributed by atoms with van der Waals surface area (Å²) in [5, 5.41) is 7.22. The van der Waals surface area contributed by atoms with Crippen LogP contribution in [0.5, 0.6) is 11.5 Å². The molecular formula is C24H23N3O3. The number of nitrogens with zero attached hydrogens (tertiary/aromatic N) is 1. The van der Waals surface area contributed by atoms with E-state index in [4.69, 9.17) is 9.47 Å². The molecule has 2 N–H and O–H groups in total. The number of carbonyl (C=O) groups is 1. The van der Waals surface area contributed by atoms with Crippen molar-refractivity contribution in [2.24, 2.45) is 5.10 Å². The van der Waals surface area contributed by atoms with Gasteiger partial charge in [-0.2, -0.15) is 5.10 Å². The fraction of sp³-hybridized carbons (Fsp3) is 0.167. The normalized spacial score (nSPS) is 11.3. The number of amides is 2. The van der Waals surface area contributed by atoms with Gasteiger partial charge >= 0.3 is 6.03 Å². The fourth-order valence-corrected chi connectivity index (χ4v) is 3.47. The van der Waals surface area contributed by atoms with Gasteiger partial charge in [-0.25, -0.2) is 10.2 Å². The zero-order valence-corrected chi connectivity index (χ0v) is 16.9. The average Bonchev–Trinajstić information content (AvgIpc) is 3.06. The van der Waals surface area contributed by atoms with E-state index < -0.39 is 6.03 Å². The Morgan fingerprint density at radius 2 is 1.37 bits per heavy atom. The molecule has 0 aliphatic heterocycles. The number of hydrogen-bond donors (Lipinski definition) is 2. The van der Waals surface area contributed by atoms with Crippen LogP contribution in [-0.2, 0) is 0 Å². The van der Waals surface area contributed by atoms with Crippen LogP contribution in [0.3, 0.4) is 0 Å². The summed E-state index contributed by atoms with van der Waals surface area (Å²) in [5.41, 5.74) is 7.88. The zero-order valence-electron chi connectivity index (χ0n) is 16.9. The van der Waals surface area contributed by atoms with Gasteiger partial charge in [0.05, 0.1) is 18.9 Å². The van der Waals surface area contributed by atoms with E-state index in [2.05, 4.69) is 15.8 Å². The van der Waals surface area contributed by atoms with Gasteiger partial charge in [-0.3, -0.25) is 0 Å². The van der Waals surface area contributed by atoms with Crippen LogP contribution in [0.25, 0.3) is 11.1 Å². The Balaban J connectivity index is 1.68. The molecule has 6 heteroatoms. The molecule has 4 rings (SSSR count). The Hall–Kier alpha value is -3.80. The van der Waals surface area contributed by atoms with E-state index in [0.717, 1.165) is 33.8 Å². The minimum absolute atomic E-state index is 0.411. The minimum Gasteiger partial charge on any atom is -0.494 e. The molecule has 0 saturated heterocycles. The summed E-state index contributed by atoms with van der Waals surface area (Å²) >= 11 is 0. The summed E-state index contributed by atoms with van der Waals surface area (Å²) in [4.78, 5) is 12.4. The van der Waals surface area contributed by atoms with Gasteiger partial charge in [-0.05, 0) is 73.5 Å².